The molecule has 5 heteroatoms. The number of ether oxygens (including phenoxy) is 2. The van der Waals surface area contributed by atoms with Crippen molar-refractivity contribution in [3.63, 3.8) is 0 Å². The molecule has 1 aliphatic rings. The van der Waals surface area contributed by atoms with Crippen LogP contribution >= 0.6 is 0 Å². The van der Waals surface area contributed by atoms with E-state index in [2.05, 4.69) is 12.2 Å². The number of unbranched alkanes of at least 4 members (excludes halogenated alkanes) is 2. The summed E-state index contributed by atoms with van der Waals surface area (Å²) in [6.45, 7) is 4.33. The molecule has 0 aromatic heterocycles. The van der Waals surface area contributed by atoms with Crippen LogP contribution in [0.3, 0.4) is 0 Å². The van der Waals surface area contributed by atoms with E-state index in [9.17, 15) is 9.90 Å². The molecule has 2 N–H and O–H groups in total. The Morgan fingerprint density at radius 3 is 2.76 bits per heavy atom. The first-order valence-corrected chi connectivity index (χ1v) is 8.85. The SMILES string of the molecule is CC1(C)OC[C@@H](C/C=C\CCCCC(=O)O)[C@@H](c2ccccc2O)O1. The molecule has 0 bridgehead atoms. The van der Waals surface area contributed by atoms with Gasteiger partial charge in [-0.1, -0.05) is 30.4 Å². The maximum Gasteiger partial charge on any atom is 0.303 e. The number of phenols is 1. The Labute approximate surface area is 149 Å². The van der Waals surface area contributed by atoms with Gasteiger partial charge < -0.3 is 19.7 Å². The Kier molecular flexibility index (Phi) is 7.02. The molecule has 1 aromatic carbocycles. The van der Waals surface area contributed by atoms with Gasteiger partial charge in [-0.15, -0.1) is 0 Å². The van der Waals surface area contributed by atoms with Crippen molar-refractivity contribution in [3.05, 3.63) is 42.0 Å². The van der Waals surface area contributed by atoms with Gasteiger partial charge in [0.15, 0.2) is 5.79 Å². The average molecular weight is 348 g/mol. The van der Waals surface area contributed by atoms with Crippen LogP contribution in [-0.2, 0) is 14.3 Å². The zero-order valence-electron chi connectivity index (χ0n) is 15.0. The lowest BCUT2D eigenvalue weighted by atomic mass is 9.91. The summed E-state index contributed by atoms with van der Waals surface area (Å²) >= 11 is 0. The highest BCUT2D eigenvalue weighted by molar-refractivity contribution is 5.66. The van der Waals surface area contributed by atoms with Crippen molar-refractivity contribution < 1.29 is 24.5 Å². The van der Waals surface area contributed by atoms with E-state index in [0.29, 0.717) is 13.0 Å². The van der Waals surface area contributed by atoms with Gasteiger partial charge in [0.05, 0.1) is 12.7 Å². The van der Waals surface area contributed by atoms with E-state index >= 15 is 0 Å². The van der Waals surface area contributed by atoms with E-state index in [1.165, 1.54) is 0 Å². The number of hydrogen-bond donors (Lipinski definition) is 2. The topological polar surface area (TPSA) is 76.0 Å². The quantitative estimate of drug-likeness (QED) is 0.537. The normalized spacial score (nSPS) is 23.0. The molecule has 0 aliphatic carbocycles. The largest absolute Gasteiger partial charge is 0.508 e. The second-order valence-electron chi connectivity index (χ2n) is 6.91. The number of allylic oxidation sites excluding steroid dienone is 2. The molecule has 25 heavy (non-hydrogen) atoms. The van der Waals surface area contributed by atoms with Crippen molar-refractivity contribution in [1.82, 2.24) is 0 Å². The van der Waals surface area contributed by atoms with E-state index < -0.39 is 11.8 Å². The van der Waals surface area contributed by atoms with Gasteiger partial charge in [-0.2, -0.15) is 0 Å². The minimum atomic E-state index is -0.742. The molecule has 0 unspecified atom stereocenters. The molecule has 138 valence electrons. The van der Waals surface area contributed by atoms with Crippen LogP contribution in [0, 0.1) is 5.92 Å². The van der Waals surface area contributed by atoms with Crippen LogP contribution in [-0.4, -0.2) is 28.6 Å². The molecular formula is C20H28O5. The molecular weight excluding hydrogens is 320 g/mol. The summed E-state index contributed by atoms with van der Waals surface area (Å²) in [5, 5.41) is 18.8. The van der Waals surface area contributed by atoms with E-state index in [0.717, 1.165) is 24.8 Å². The zero-order chi connectivity index (χ0) is 18.3. The predicted molar refractivity (Wildman–Crippen MR) is 95.3 cm³/mol. The Balaban J connectivity index is 1.93. The third kappa shape index (κ3) is 6.18. The molecule has 5 nitrogen and oxygen atoms in total. The van der Waals surface area contributed by atoms with E-state index in [1.807, 2.05) is 26.0 Å². The first-order valence-electron chi connectivity index (χ1n) is 8.85. The summed E-state index contributed by atoms with van der Waals surface area (Å²) in [7, 11) is 0. The van der Waals surface area contributed by atoms with Gasteiger partial charge >= 0.3 is 5.97 Å². The van der Waals surface area contributed by atoms with Crippen LogP contribution in [0.15, 0.2) is 36.4 Å². The lowest BCUT2D eigenvalue weighted by Gasteiger charge is -2.41. The van der Waals surface area contributed by atoms with Crippen LogP contribution < -0.4 is 0 Å². The highest BCUT2D eigenvalue weighted by Crippen LogP contribution is 2.41. The molecule has 0 amide bonds. The summed E-state index contributed by atoms with van der Waals surface area (Å²) in [4.78, 5) is 10.5. The number of para-hydroxylation sites is 1. The Hall–Kier alpha value is -1.85. The smallest absolute Gasteiger partial charge is 0.303 e. The van der Waals surface area contributed by atoms with Crippen LogP contribution in [0.5, 0.6) is 5.75 Å². The number of phenolic OH excluding ortho intramolecular Hbond substituents is 1. The number of carboxylic acid groups (broad SMARTS) is 1. The molecule has 1 aromatic rings. The third-order valence-corrected chi connectivity index (χ3v) is 4.34. The molecule has 2 atom stereocenters. The van der Waals surface area contributed by atoms with Crippen molar-refractivity contribution in [2.24, 2.45) is 5.92 Å². The van der Waals surface area contributed by atoms with E-state index in [1.54, 1.807) is 12.1 Å². The second-order valence-corrected chi connectivity index (χ2v) is 6.91. The molecule has 0 radical (unpaired) electrons. The minimum Gasteiger partial charge on any atom is -0.508 e. The summed E-state index contributed by atoms with van der Waals surface area (Å²) in [6, 6.07) is 7.27. The standard InChI is InChI=1S/C20H28O5/c1-20(2)24-14-15(10-6-4-3-5-7-13-18(22)23)19(25-20)16-11-8-9-12-17(16)21/h4,6,8-9,11-12,15,19,21H,3,5,7,10,13-14H2,1-2H3,(H,22,23)/b6-4-/t15-,19+/m1/s1. The zero-order valence-corrected chi connectivity index (χ0v) is 15.0. The van der Waals surface area contributed by atoms with E-state index in [4.69, 9.17) is 14.6 Å². The van der Waals surface area contributed by atoms with E-state index in [-0.39, 0.29) is 24.2 Å². The maximum absolute atomic E-state index is 10.5. The fraction of sp³-hybridized carbons (Fsp3) is 0.550. The number of carbonyl (C=O) groups is 1. The summed E-state index contributed by atoms with van der Waals surface area (Å²) in [5.74, 6) is -1.05. The van der Waals surface area contributed by atoms with Gasteiger partial charge in [0.2, 0.25) is 0 Å². The van der Waals surface area contributed by atoms with Gasteiger partial charge in [0, 0.05) is 17.9 Å². The maximum atomic E-state index is 10.5. The van der Waals surface area contributed by atoms with Gasteiger partial charge in [0.25, 0.3) is 0 Å². The predicted octanol–water partition coefficient (Wildman–Crippen LogP) is 4.42. The van der Waals surface area contributed by atoms with Crippen molar-refractivity contribution in [2.75, 3.05) is 6.61 Å². The van der Waals surface area contributed by atoms with Crippen molar-refractivity contribution >= 4 is 5.97 Å². The van der Waals surface area contributed by atoms with Gasteiger partial charge in [0.1, 0.15) is 5.75 Å². The minimum absolute atomic E-state index is 0.122. The first kappa shape index (κ1) is 19.5. The van der Waals surface area contributed by atoms with Crippen molar-refractivity contribution in [3.8, 4) is 5.75 Å². The Morgan fingerprint density at radius 1 is 1.28 bits per heavy atom. The van der Waals surface area contributed by atoms with Crippen LogP contribution in [0.2, 0.25) is 0 Å². The van der Waals surface area contributed by atoms with Crippen LogP contribution in [0.1, 0.15) is 57.6 Å². The molecule has 1 heterocycles. The number of aromatic hydroxyl groups is 1. The fourth-order valence-electron chi connectivity index (χ4n) is 3.00. The molecule has 1 saturated heterocycles. The summed E-state index contributed by atoms with van der Waals surface area (Å²) in [5.41, 5.74) is 0.790. The van der Waals surface area contributed by atoms with Gasteiger partial charge in [-0.05, 0) is 45.6 Å². The summed E-state index contributed by atoms with van der Waals surface area (Å²) in [6.07, 6.45) is 7.42. The highest BCUT2D eigenvalue weighted by atomic mass is 16.7. The Morgan fingerprint density at radius 2 is 2.04 bits per heavy atom. The molecule has 0 spiro atoms. The van der Waals surface area contributed by atoms with Crippen LogP contribution in [0.25, 0.3) is 0 Å². The molecule has 0 saturated carbocycles. The Bertz CT molecular complexity index is 594. The lowest BCUT2D eigenvalue weighted by molar-refractivity contribution is -0.295. The molecule has 1 fully saturated rings. The number of hydrogen-bond acceptors (Lipinski definition) is 4. The number of rotatable bonds is 8. The fourth-order valence-corrected chi connectivity index (χ4v) is 3.00. The number of carboxylic acids is 1. The van der Waals surface area contributed by atoms with Crippen LogP contribution in [0.4, 0.5) is 0 Å². The first-order chi connectivity index (χ1) is 11.9. The number of aliphatic carboxylic acids is 1. The number of benzene rings is 1. The van der Waals surface area contributed by atoms with Crippen molar-refractivity contribution in [2.45, 2.75) is 57.8 Å². The highest BCUT2D eigenvalue weighted by Gasteiger charge is 2.37. The van der Waals surface area contributed by atoms with Gasteiger partial charge in [-0.25, -0.2) is 0 Å². The average Bonchev–Trinajstić information content (AvgIpc) is 2.55. The molecule has 2 rings (SSSR count). The lowest BCUT2D eigenvalue weighted by Crippen LogP contribution is -2.41. The second kappa shape index (κ2) is 9.02. The molecule has 1 aliphatic heterocycles. The van der Waals surface area contributed by atoms with Gasteiger partial charge in [-0.3, -0.25) is 4.79 Å². The third-order valence-electron chi connectivity index (χ3n) is 4.34. The summed E-state index contributed by atoms with van der Waals surface area (Å²) < 4.78 is 11.9. The monoisotopic (exact) mass is 348 g/mol. The van der Waals surface area contributed by atoms with Crippen molar-refractivity contribution in [1.29, 1.82) is 0 Å².